The number of piperidine rings is 1. The van der Waals surface area contributed by atoms with Gasteiger partial charge in [0.25, 0.3) is 5.91 Å². The smallest absolute Gasteiger partial charge is 0.257 e. The topological polar surface area (TPSA) is 92.5 Å². The van der Waals surface area contributed by atoms with Crippen LogP contribution in [-0.2, 0) is 14.4 Å². The van der Waals surface area contributed by atoms with E-state index in [2.05, 4.69) is 5.32 Å². The van der Waals surface area contributed by atoms with E-state index in [0.29, 0.717) is 37.6 Å². The van der Waals surface area contributed by atoms with E-state index >= 15 is 0 Å². The second kappa shape index (κ2) is 8.61. The molecule has 6 nitrogen and oxygen atoms in total. The third-order valence-corrected chi connectivity index (χ3v) is 7.69. The first-order valence-electron chi connectivity index (χ1n) is 10.3. The standard InChI is InChI=1S/C22H27N3O3S/c23-20(26)15-8-10-25(11-9-15)22(28)16-6-7-18-17(13-16)24-21(27)19(29-18)12-14-4-2-1-3-5-14/h1-5,12,15-18H,6-11,13H2,(H2,23,26)(H,24,27)/b19-12-. The van der Waals surface area contributed by atoms with Crippen molar-refractivity contribution in [1.29, 1.82) is 0 Å². The molecule has 3 fully saturated rings. The lowest BCUT2D eigenvalue weighted by molar-refractivity contribution is -0.140. The van der Waals surface area contributed by atoms with Crippen molar-refractivity contribution in [2.45, 2.75) is 43.4 Å². The van der Waals surface area contributed by atoms with Gasteiger partial charge in [0, 0.05) is 36.2 Å². The number of likely N-dealkylation sites (tertiary alicyclic amines) is 1. The number of benzene rings is 1. The van der Waals surface area contributed by atoms with Crippen LogP contribution in [0.3, 0.4) is 0 Å². The van der Waals surface area contributed by atoms with Gasteiger partial charge in [-0.15, -0.1) is 11.8 Å². The fraction of sp³-hybridized carbons (Fsp3) is 0.500. The Kier molecular flexibility index (Phi) is 5.94. The van der Waals surface area contributed by atoms with Gasteiger partial charge in [-0.3, -0.25) is 14.4 Å². The zero-order valence-corrected chi connectivity index (χ0v) is 17.2. The molecular weight excluding hydrogens is 386 g/mol. The number of carbonyl (C=O) groups excluding carboxylic acids is 3. The Balaban J connectivity index is 1.35. The van der Waals surface area contributed by atoms with Gasteiger partial charge in [-0.05, 0) is 43.7 Å². The quantitative estimate of drug-likeness (QED) is 0.743. The Bertz CT molecular complexity index is 818. The van der Waals surface area contributed by atoms with Crippen LogP contribution in [0.5, 0.6) is 0 Å². The number of hydrogen-bond acceptors (Lipinski definition) is 4. The van der Waals surface area contributed by atoms with Gasteiger partial charge in [0.1, 0.15) is 0 Å². The molecule has 0 radical (unpaired) electrons. The van der Waals surface area contributed by atoms with Crippen LogP contribution in [-0.4, -0.2) is 47.0 Å². The van der Waals surface area contributed by atoms with E-state index < -0.39 is 0 Å². The number of primary amides is 1. The predicted molar refractivity (Wildman–Crippen MR) is 114 cm³/mol. The monoisotopic (exact) mass is 413 g/mol. The van der Waals surface area contributed by atoms with Crippen LogP contribution in [0.4, 0.5) is 0 Å². The minimum Gasteiger partial charge on any atom is -0.369 e. The molecule has 3 unspecified atom stereocenters. The normalized spacial score (nSPS) is 29.2. The van der Waals surface area contributed by atoms with Crippen molar-refractivity contribution in [3.8, 4) is 0 Å². The molecule has 3 N–H and O–H groups in total. The third kappa shape index (κ3) is 4.50. The lowest BCUT2D eigenvalue weighted by atomic mass is 9.83. The molecule has 29 heavy (non-hydrogen) atoms. The van der Waals surface area contributed by atoms with Crippen molar-refractivity contribution in [2.24, 2.45) is 17.6 Å². The molecule has 4 rings (SSSR count). The summed E-state index contributed by atoms with van der Waals surface area (Å²) in [6, 6.07) is 9.90. The summed E-state index contributed by atoms with van der Waals surface area (Å²) >= 11 is 1.64. The van der Waals surface area contributed by atoms with Crippen molar-refractivity contribution >= 4 is 35.6 Å². The molecule has 3 aliphatic rings. The molecule has 7 heteroatoms. The Morgan fingerprint density at radius 1 is 1.07 bits per heavy atom. The average Bonchev–Trinajstić information content (AvgIpc) is 2.74. The lowest BCUT2D eigenvalue weighted by Gasteiger charge is -2.41. The maximum absolute atomic E-state index is 13.0. The molecule has 0 aromatic heterocycles. The number of thioether (sulfide) groups is 1. The summed E-state index contributed by atoms with van der Waals surface area (Å²) in [4.78, 5) is 39.5. The number of carbonyl (C=O) groups is 3. The molecule has 0 bridgehead atoms. The number of rotatable bonds is 3. The van der Waals surface area contributed by atoms with Crippen molar-refractivity contribution in [3.05, 3.63) is 40.8 Å². The van der Waals surface area contributed by atoms with E-state index in [1.807, 2.05) is 41.3 Å². The van der Waals surface area contributed by atoms with Gasteiger partial charge in [0.2, 0.25) is 11.8 Å². The van der Waals surface area contributed by atoms with E-state index in [0.717, 1.165) is 23.3 Å². The highest BCUT2D eigenvalue weighted by atomic mass is 32.2. The number of fused-ring (bicyclic) bond motifs is 1. The third-order valence-electron chi connectivity index (χ3n) is 6.26. The molecule has 154 valence electrons. The van der Waals surface area contributed by atoms with Crippen molar-refractivity contribution in [1.82, 2.24) is 10.2 Å². The molecule has 0 spiro atoms. The van der Waals surface area contributed by atoms with E-state index in [1.54, 1.807) is 11.8 Å². The van der Waals surface area contributed by atoms with E-state index in [9.17, 15) is 14.4 Å². The van der Waals surface area contributed by atoms with Gasteiger partial charge in [-0.1, -0.05) is 30.3 Å². The molecule has 1 aromatic rings. The van der Waals surface area contributed by atoms with E-state index in [4.69, 9.17) is 5.73 Å². The van der Waals surface area contributed by atoms with Crippen LogP contribution in [0, 0.1) is 11.8 Å². The summed E-state index contributed by atoms with van der Waals surface area (Å²) in [7, 11) is 0. The summed E-state index contributed by atoms with van der Waals surface area (Å²) in [6.45, 7) is 1.20. The van der Waals surface area contributed by atoms with Crippen molar-refractivity contribution in [3.63, 3.8) is 0 Å². The number of nitrogens with two attached hydrogens (primary N) is 1. The van der Waals surface area contributed by atoms with Gasteiger partial charge in [0.05, 0.1) is 4.91 Å². The Labute approximate surface area is 175 Å². The van der Waals surface area contributed by atoms with Crippen LogP contribution in [0.25, 0.3) is 6.08 Å². The second-order valence-electron chi connectivity index (χ2n) is 8.17. The first-order valence-corrected chi connectivity index (χ1v) is 11.2. The highest BCUT2D eigenvalue weighted by Gasteiger charge is 2.41. The summed E-state index contributed by atoms with van der Waals surface area (Å²) < 4.78 is 0. The maximum Gasteiger partial charge on any atom is 0.257 e. The number of hydrogen-bond donors (Lipinski definition) is 2. The van der Waals surface area contributed by atoms with E-state index in [-0.39, 0.29) is 35.6 Å². The fourth-order valence-corrected chi connectivity index (χ4v) is 5.85. The van der Waals surface area contributed by atoms with Gasteiger partial charge < -0.3 is 16.0 Å². The van der Waals surface area contributed by atoms with Crippen LogP contribution in [0.15, 0.2) is 35.2 Å². The molecule has 1 aliphatic carbocycles. The minimum absolute atomic E-state index is 0.0336. The van der Waals surface area contributed by atoms with Crippen LogP contribution in [0.2, 0.25) is 0 Å². The first kappa shape index (κ1) is 20.0. The fourth-order valence-electron chi connectivity index (χ4n) is 4.56. The van der Waals surface area contributed by atoms with Gasteiger partial charge >= 0.3 is 0 Å². The number of nitrogens with zero attached hydrogens (tertiary/aromatic N) is 1. The maximum atomic E-state index is 13.0. The molecular formula is C22H27N3O3S. The van der Waals surface area contributed by atoms with Crippen molar-refractivity contribution < 1.29 is 14.4 Å². The van der Waals surface area contributed by atoms with Gasteiger partial charge in [0.15, 0.2) is 0 Å². The van der Waals surface area contributed by atoms with Crippen molar-refractivity contribution in [2.75, 3.05) is 13.1 Å². The summed E-state index contributed by atoms with van der Waals surface area (Å²) in [5, 5.41) is 3.45. The van der Waals surface area contributed by atoms with Gasteiger partial charge in [-0.2, -0.15) is 0 Å². The highest BCUT2D eigenvalue weighted by Crippen LogP contribution is 2.40. The van der Waals surface area contributed by atoms with Crippen LogP contribution < -0.4 is 11.1 Å². The minimum atomic E-state index is -0.265. The first-order chi connectivity index (χ1) is 14.0. The molecule has 3 atom stereocenters. The molecule has 2 aliphatic heterocycles. The predicted octanol–water partition coefficient (Wildman–Crippen LogP) is 2.15. The number of amides is 3. The number of nitrogens with one attached hydrogen (secondary N) is 1. The molecule has 2 heterocycles. The molecule has 2 saturated heterocycles. The molecule has 1 aromatic carbocycles. The average molecular weight is 414 g/mol. The van der Waals surface area contributed by atoms with E-state index in [1.165, 1.54) is 0 Å². The summed E-state index contributed by atoms with van der Waals surface area (Å²) in [5.41, 5.74) is 6.41. The Morgan fingerprint density at radius 2 is 1.79 bits per heavy atom. The second-order valence-corrected chi connectivity index (χ2v) is 9.45. The largest absolute Gasteiger partial charge is 0.369 e. The SMILES string of the molecule is NC(=O)C1CCN(C(=O)C2CCC3S/C(=C\c4ccccc4)C(=O)NC3C2)CC1. The Hall–Kier alpha value is -2.28. The zero-order chi connectivity index (χ0) is 20.4. The molecule has 1 saturated carbocycles. The van der Waals surface area contributed by atoms with Gasteiger partial charge in [-0.25, -0.2) is 0 Å². The summed E-state index contributed by atoms with van der Waals surface area (Å²) in [5.74, 6) is -0.314. The lowest BCUT2D eigenvalue weighted by Crippen LogP contribution is -2.52. The molecule has 3 amide bonds. The van der Waals surface area contributed by atoms with Crippen LogP contribution in [0.1, 0.15) is 37.7 Å². The summed E-state index contributed by atoms with van der Waals surface area (Å²) in [6.07, 6.45) is 5.69. The highest BCUT2D eigenvalue weighted by molar-refractivity contribution is 8.04. The zero-order valence-electron chi connectivity index (χ0n) is 16.4. The Morgan fingerprint density at radius 3 is 2.48 bits per heavy atom. The van der Waals surface area contributed by atoms with Crippen LogP contribution >= 0.6 is 11.8 Å².